The Bertz CT molecular complexity index is 1400. The molecule has 0 saturated heterocycles. The molecule has 214 valence electrons. The zero-order valence-electron chi connectivity index (χ0n) is 24.0. The lowest BCUT2D eigenvalue weighted by atomic mass is 10.1. The maximum Gasteiger partial charge on any atom is 0.264 e. The van der Waals surface area contributed by atoms with Gasteiger partial charge in [-0.3, -0.25) is 13.9 Å². The predicted molar refractivity (Wildman–Crippen MR) is 158 cm³/mol. The highest BCUT2D eigenvalue weighted by atomic mass is 32.2. The van der Waals surface area contributed by atoms with Crippen molar-refractivity contribution < 1.29 is 22.7 Å². The van der Waals surface area contributed by atoms with Crippen LogP contribution in [-0.2, 0) is 26.2 Å². The van der Waals surface area contributed by atoms with E-state index in [1.165, 1.54) is 17.0 Å². The summed E-state index contributed by atoms with van der Waals surface area (Å²) in [5.41, 5.74) is 2.86. The largest absolute Gasteiger partial charge is 0.497 e. The van der Waals surface area contributed by atoms with Crippen LogP contribution in [0.1, 0.15) is 37.5 Å². The van der Waals surface area contributed by atoms with Gasteiger partial charge < -0.3 is 15.0 Å². The van der Waals surface area contributed by atoms with Gasteiger partial charge in [-0.1, -0.05) is 50.2 Å². The average molecular weight is 566 g/mol. The third-order valence-electron chi connectivity index (χ3n) is 6.44. The molecule has 0 aromatic heterocycles. The smallest absolute Gasteiger partial charge is 0.264 e. The zero-order valence-corrected chi connectivity index (χ0v) is 24.9. The highest BCUT2D eigenvalue weighted by Gasteiger charge is 2.32. The van der Waals surface area contributed by atoms with Crippen molar-refractivity contribution in [3.63, 3.8) is 0 Å². The summed E-state index contributed by atoms with van der Waals surface area (Å²) in [6.07, 6.45) is 0. The van der Waals surface area contributed by atoms with Crippen LogP contribution in [0, 0.1) is 19.8 Å². The number of carbonyl (C=O) groups excluding carboxylic acids is 2. The molecule has 3 aromatic carbocycles. The van der Waals surface area contributed by atoms with Crippen molar-refractivity contribution in [1.82, 2.24) is 10.2 Å². The molecule has 0 spiro atoms. The van der Waals surface area contributed by atoms with Crippen LogP contribution in [0.3, 0.4) is 0 Å². The molecule has 9 heteroatoms. The van der Waals surface area contributed by atoms with Crippen molar-refractivity contribution in [2.75, 3.05) is 24.5 Å². The summed E-state index contributed by atoms with van der Waals surface area (Å²) in [5.74, 6) is 0.0302. The Morgan fingerprint density at radius 3 is 2.15 bits per heavy atom. The topological polar surface area (TPSA) is 96.0 Å². The molecule has 0 saturated carbocycles. The molecule has 1 unspecified atom stereocenters. The van der Waals surface area contributed by atoms with Gasteiger partial charge in [0.2, 0.25) is 11.8 Å². The van der Waals surface area contributed by atoms with Crippen LogP contribution in [0.25, 0.3) is 0 Å². The van der Waals surface area contributed by atoms with E-state index < -0.39 is 28.5 Å². The number of sulfonamides is 1. The number of methoxy groups -OCH3 is 1. The second-order valence-electron chi connectivity index (χ2n) is 10.4. The minimum absolute atomic E-state index is 0.0732. The number of hydrogen-bond donors (Lipinski definition) is 1. The van der Waals surface area contributed by atoms with E-state index in [1.807, 2.05) is 45.9 Å². The molecule has 1 atom stereocenters. The SMILES string of the molecule is COc1cccc(CN(C(=O)CN(c2cc(C)cc(C)c2)S(=O)(=O)c2ccccc2)C(C)C(=O)NCC(C)C)c1. The van der Waals surface area contributed by atoms with Crippen LogP contribution in [-0.4, -0.2) is 51.4 Å². The van der Waals surface area contributed by atoms with E-state index in [-0.39, 0.29) is 23.3 Å². The molecule has 40 heavy (non-hydrogen) atoms. The van der Waals surface area contributed by atoms with E-state index >= 15 is 0 Å². The third kappa shape index (κ3) is 7.85. The van der Waals surface area contributed by atoms with Crippen molar-refractivity contribution >= 4 is 27.5 Å². The maximum absolute atomic E-state index is 14.0. The van der Waals surface area contributed by atoms with Gasteiger partial charge in [0.25, 0.3) is 10.0 Å². The van der Waals surface area contributed by atoms with Gasteiger partial charge in [0.05, 0.1) is 17.7 Å². The number of carbonyl (C=O) groups is 2. The Morgan fingerprint density at radius 1 is 0.900 bits per heavy atom. The Balaban J connectivity index is 2.04. The Kier molecular flexibility index (Phi) is 10.3. The number of rotatable bonds is 12. The van der Waals surface area contributed by atoms with Crippen molar-refractivity contribution in [3.05, 3.63) is 89.5 Å². The quantitative estimate of drug-likeness (QED) is 0.344. The molecule has 0 aliphatic heterocycles. The summed E-state index contributed by atoms with van der Waals surface area (Å²) in [7, 11) is -2.55. The van der Waals surface area contributed by atoms with E-state index in [4.69, 9.17) is 4.74 Å². The number of amides is 2. The maximum atomic E-state index is 14.0. The van der Waals surface area contributed by atoms with Gasteiger partial charge in [-0.15, -0.1) is 0 Å². The number of nitrogens with zero attached hydrogens (tertiary/aromatic N) is 2. The molecule has 0 heterocycles. The average Bonchev–Trinajstić information content (AvgIpc) is 2.92. The molecule has 8 nitrogen and oxygen atoms in total. The first-order valence-electron chi connectivity index (χ1n) is 13.3. The fraction of sp³-hybridized carbons (Fsp3) is 0.355. The fourth-order valence-electron chi connectivity index (χ4n) is 4.35. The highest BCUT2D eigenvalue weighted by Crippen LogP contribution is 2.27. The summed E-state index contributed by atoms with van der Waals surface area (Å²) in [6.45, 7) is 9.45. The molecule has 0 aliphatic rings. The number of benzene rings is 3. The molecule has 3 aromatic rings. The van der Waals surface area contributed by atoms with Crippen LogP contribution >= 0.6 is 0 Å². The van der Waals surface area contributed by atoms with E-state index in [9.17, 15) is 18.0 Å². The summed E-state index contributed by atoms with van der Waals surface area (Å²) in [6, 6.07) is 19.8. The van der Waals surface area contributed by atoms with Crippen molar-refractivity contribution in [1.29, 1.82) is 0 Å². The molecule has 3 rings (SSSR count). The summed E-state index contributed by atoms with van der Waals surface area (Å²) in [5, 5.41) is 2.89. The first-order valence-corrected chi connectivity index (χ1v) is 14.7. The van der Waals surface area contributed by atoms with Crippen LogP contribution in [0.2, 0.25) is 0 Å². The van der Waals surface area contributed by atoms with Crippen molar-refractivity contribution in [2.45, 2.75) is 52.1 Å². The normalized spacial score (nSPS) is 12.1. The molecule has 1 N–H and O–H groups in total. The lowest BCUT2D eigenvalue weighted by Gasteiger charge is -2.32. The minimum Gasteiger partial charge on any atom is -0.497 e. The number of nitrogens with one attached hydrogen (secondary N) is 1. The zero-order chi connectivity index (χ0) is 29.4. The summed E-state index contributed by atoms with van der Waals surface area (Å²) >= 11 is 0. The second-order valence-corrected chi connectivity index (χ2v) is 12.2. The van der Waals surface area contributed by atoms with E-state index in [0.717, 1.165) is 21.0 Å². The van der Waals surface area contributed by atoms with Gasteiger partial charge in [-0.2, -0.15) is 0 Å². The van der Waals surface area contributed by atoms with Gasteiger partial charge in [-0.25, -0.2) is 8.42 Å². The van der Waals surface area contributed by atoms with Crippen molar-refractivity contribution in [3.8, 4) is 5.75 Å². The van der Waals surface area contributed by atoms with Gasteiger partial charge in [-0.05, 0) is 79.8 Å². The molecule has 2 amide bonds. The van der Waals surface area contributed by atoms with Gasteiger partial charge in [0.1, 0.15) is 18.3 Å². The second kappa shape index (κ2) is 13.5. The Labute approximate surface area is 238 Å². The third-order valence-corrected chi connectivity index (χ3v) is 8.23. The molecular weight excluding hydrogens is 526 g/mol. The van der Waals surface area contributed by atoms with Crippen LogP contribution in [0.5, 0.6) is 5.75 Å². The van der Waals surface area contributed by atoms with Crippen LogP contribution < -0.4 is 14.4 Å². The highest BCUT2D eigenvalue weighted by molar-refractivity contribution is 7.92. The fourth-order valence-corrected chi connectivity index (χ4v) is 5.76. The monoisotopic (exact) mass is 565 g/mol. The van der Waals surface area contributed by atoms with Gasteiger partial charge in [0, 0.05) is 13.1 Å². The van der Waals surface area contributed by atoms with Gasteiger partial charge in [0.15, 0.2) is 0 Å². The molecule has 0 bridgehead atoms. The van der Waals surface area contributed by atoms with E-state index in [0.29, 0.717) is 18.0 Å². The molecular formula is C31H39N3O5S. The number of ether oxygens (including phenoxy) is 1. The molecule has 0 radical (unpaired) electrons. The van der Waals surface area contributed by atoms with Crippen LogP contribution in [0.15, 0.2) is 77.7 Å². The number of anilines is 1. The Hall–Kier alpha value is -3.85. The molecule has 0 aliphatic carbocycles. The van der Waals surface area contributed by atoms with E-state index in [1.54, 1.807) is 56.5 Å². The standard InChI is InChI=1S/C31H39N3O5S/c1-22(2)19-32-31(36)25(5)33(20-26-11-10-12-28(18-26)39-6)30(35)21-34(27-16-23(3)15-24(4)17-27)40(37,38)29-13-8-7-9-14-29/h7-18,22,25H,19-21H2,1-6H3,(H,32,36). The summed E-state index contributed by atoms with van der Waals surface area (Å²) in [4.78, 5) is 28.6. The minimum atomic E-state index is -4.10. The first kappa shape index (κ1) is 30.7. The number of hydrogen-bond acceptors (Lipinski definition) is 5. The molecule has 0 fully saturated rings. The van der Waals surface area contributed by atoms with Crippen molar-refractivity contribution in [2.24, 2.45) is 5.92 Å². The van der Waals surface area contributed by atoms with Gasteiger partial charge >= 0.3 is 0 Å². The van der Waals surface area contributed by atoms with Crippen LogP contribution in [0.4, 0.5) is 5.69 Å². The Morgan fingerprint density at radius 2 is 1.55 bits per heavy atom. The predicted octanol–water partition coefficient (Wildman–Crippen LogP) is 4.70. The lowest BCUT2D eigenvalue weighted by molar-refractivity contribution is -0.139. The lowest BCUT2D eigenvalue weighted by Crippen LogP contribution is -2.51. The number of aryl methyl sites for hydroxylation is 2. The van der Waals surface area contributed by atoms with E-state index in [2.05, 4.69) is 5.32 Å². The first-order chi connectivity index (χ1) is 18.9. The summed E-state index contributed by atoms with van der Waals surface area (Å²) < 4.78 is 34.3.